The van der Waals surface area contributed by atoms with E-state index in [2.05, 4.69) is 0 Å². The second kappa shape index (κ2) is 3.98. The number of phenolic OH excluding ortho intramolecular Hbond substituents is 1. The number of phenols is 1. The minimum atomic E-state index is 0.346. The van der Waals surface area contributed by atoms with Crippen LogP contribution in [0, 0.1) is 0 Å². The van der Waals surface area contributed by atoms with Crippen LogP contribution in [0.1, 0.15) is 12.5 Å². The highest BCUT2D eigenvalue weighted by Gasteiger charge is 2.07. The fourth-order valence-corrected chi connectivity index (χ4v) is 2.42. The van der Waals surface area contributed by atoms with Gasteiger partial charge in [-0.2, -0.15) is 0 Å². The van der Waals surface area contributed by atoms with Crippen molar-refractivity contribution in [3.05, 3.63) is 29.1 Å². The fraction of sp³-hybridized carbons (Fsp3) is 0.273. The van der Waals surface area contributed by atoms with Gasteiger partial charge in [-0.15, -0.1) is 11.3 Å². The van der Waals surface area contributed by atoms with Gasteiger partial charge in [0.25, 0.3) is 0 Å². The normalized spacial score (nSPS) is 10.9. The molecule has 0 bridgehead atoms. The van der Waals surface area contributed by atoms with Gasteiger partial charge in [-0.3, -0.25) is 0 Å². The smallest absolute Gasteiger partial charge is 0.124 e. The van der Waals surface area contributed by atoms with E-state index in [-0.39, 0.29) is 0 Å². The van der Waals surface area contributed by atoms with E-state index < -0.39 is 0 Å². The van der Waals surface area contributed by atoms with E-state index in [9.17, 15) is 5.11 Å². The lowest BCUT2D eigenvalue weighted by Crippen LogP contribution is -1.89. The SMILES string of the molecule is CCOCc1csc2cccc(O)c12. The summed E-state index contributed by atoms with van der Waals surface area (Å²) in [7, 11) is 0. The van der Waals surface area contributed by atoms with Gasteiger partial charge < -0.3 is 9.84 Å². The largest absolute Gasteiger partial charge is 0.507 e. The average molecular weight is 208 g/mol. The molecule has 0 aliphatic carbocycles. The maximum atomic E-state index is 9.69. The number of benzene rings is 1. The van der Waals surface area contributed by atoms with Crippen molar-refractivity contribution < 1.29 is 9.84 Å². The van der Waals surface area contributed by atoms with Crippen LogP contribution in [-0.2, 0) is 11.3 Å². The third-order valence-corrected chi connectivity index (χ3v) is 3.11. The van der Waals surface area contributed by atoms with E-state index in [1.54, 1.807) is 17.4 Å². The fourth-order valence-electron chi connectivity index (χ4n) is 1.45. The molecule has 0 aliphatic rings. The highest BCUT2D eigenvalue weighted by molar-refractivity contribution is 7.17. The van der Waals surface area contributed by atoms with Gasteiger partial charge in [0.2, 0.25) is 0 Å². The standard InChI is InChI=1S/C11H12O2S/c1-2-13-6-8-7-14-10-5-3-4-9(12)11(8)10/h3-5,7,12H,2,6H2,1H3. The summed E-state index contributed by atoms with van der Waals surface area (Å²) in [5, 5.41) is 12.7. The van der Waals surface area contributed by atoms with E-state index in [0.717, 1.165) is 15.6 Å². The molecule has 0 aliphatic heterocycles. The summed E-state index contributed by atoms with van der Waals surface area (Å²) < 4.78 is 6.45. The maximum absolute atomic E-state index is 9.69. The maximum Gasteiger partial charge on any atom is 0.124 e. The Bertz CT molecular complexity index is 434. The van der Waals surface area contributed by atoms with Crippen LogP contribution in [0.15, 0.2) is 23.6 Å². The zero-order valence-corrected chi connectivity index (χ0v) is 8.80. The molecule has 74 valence electrons. The molecule has 2 nitrogen and oxygen atoms in total. The van der Waals surface area contributed by atoms with Crippen molar-refractivity contribution in [3.63, 3.8) is 0 Å². The number of ether oxygens (including phenoxy) is 1. The molecular formula is C11H12O2S. The molecule has 3 heteroatoms. The summed E-state index contributed by atoms with van der Waals surface area (Å²) in [5.41, 5.74) is 1.07. The van der Waals surface area contributed by atoms with Crippen LogP contribution in [0.2, 0.25) is 0 Å². The van der Waals surface area contributed by atoms with Crippen molar-refractivity contribution in [1.82, 2.24) is 0 Å². The molecule has 0 radical (unpaired) electrons. The molecule has 0 saturated heterocycles. The summed E-state index contributed by atoms with van der Waals surface area (Å²) >= 11 is 1.64. The molecular weight excluding hydrogens is 196 g/mol. The first-order valence-electron chi connectivity index (χ1n) is 4.58. The highest BCUT2D eigenvalue weighted by atomic mass is 32.1. The minimum Gasteiger partial charge on any atom is -0.507 e. The van der Waals surface area contributed by atoms with Gasteiger partial charge in [0.15, 0.2) is 0 Å². The van der Waals surface area contributed by atoms with Crippen molar-refractivity contribution in [2.45, 2.75) is 13.5 Å². The van der Waals surface area contributed by atoms with Gasteiger partial charge >= 0.3 is 0 Å². The van der Waals surface area contributed by atoms with Gasteiger partial charge in [-0.1, -0.05) is 6.07 Å². The molecule has 1 heterocycles. The van der Waals surface area contributed by atoms with Gasteiger partial charge in [0.05, 0.1) is 6.61 Å². The lowest BCUT2D eigenvalue weighted by atomic mass is 10.2. The van der Waals surface area contributed by atoms with Crippen molar-refractivity contribution in [2.24, 2.45) is 0 Å². The van der Waals surface area contributed by atoms with Crippen LogP contribution < -0.4 is 0 Å². The summed E-state index contributed by atoms with van der Waals surface area (Å²) in [6.45, 7) is 3.24. The zero-order chi connectivity index (χ0) is 9.97. The first-order valence-corrected chi connectivity index (χ1v) is 5.46. The molecule has 1 aromatic carbocycles. The molecule has 0 unspecified atom stereocenters. The lowest BCUT2D eigenvalue weighted by Gasteiger charge is -2.01. The predicted octanol–water partition coefficient (Wildman–Crippen LogP) is 3.14. The Morgan fingerprint density at radius 1 is 1.43 bits per heavy atom. The molecule has 2 rings (SSSR count). The highest BCUT2D eigenvalue weighted by Crippen LogP contribution is 2.33. The number of hydrogen-bond donors (Lipinski definition) is 1. The lowest BCUT2D eigenvalue weighted by molar-refractivity contribution is 0.135. The zero-order valence-electron chi connectivity index (χ0n) is 7.99. The van der Waals surface area contributed by atoms with Crippen LogP contribution in [0.25, 0.3) is 10.1 Å². The molecule has 1 N–H and O–H groups in total. The summed E-state index contributed by atoms with van der Waals surface area (Å²) in [6.07, 6.45) is 0. The van der Waals surface area contributed by atoms with Crippen LogP contribution >= 0.6 is 11.3 Å². The molecule has 0 atom stereocenters. The van der Waals surface area contributed by atoms with E-state index in [0.29, 0.717) is 19.0 Å². The topological polar surface area (TPSA) is 29.5 Å². The van der Waals surface area contributed by atoms with Crippen LogP contribution in [0.3, 0.4) is 0 Å². The Morgan fingerprint density at radius 2 is 2.29 bits per heavy atom. The molecule has 0 amide bonds. The molecule has 14 heavy (non-hydrogen) atoms. The van der Waals surface area contributed by atoms with E-state index >= 15 is 0 Å². The molecule has 2 aromatic rings. The number of rotatable bonds is 3. The molecule has 1 aromatic heterocycles. The van der Waals surface area contributed by atoms with Gasteiger partial charge in [0, 0.05) is 16.7 Å². The summed E-state index contributed by atoms with van der Waals surface area (Å²) in [5.74, 6) is 0.346. The van der Waals surface area contributed by atoms with E-state index in [1.165, 1.54) is 0 Å². The minimum absolute atomic E-state index is 0.346. The Morgan fingerprint density at radius 3 is 3.07 bits per heavy atom. The Kier molecular flexibility index (Phi) is 2.70. The second-order valence-electron chi connectivity index (χ2n) is 3.05. The predicted molar refractivity (Wildman–Crippen MR) is 58.8 cm³/mol. The number of fused-ring (bicyclic) bond motifs is 1. The summed E-state index contributed by atoms with van der Waals surface area (Å²) in [4.78, 5) is 0. The number of aromatic hydroxyl groups is 1. The quantitative estimate of drug-likeness (QED) is 0.839. The van der Waals surface area contributed by atoms with Gasteiger partial charge in [-0.25, -0.2) is 0 Å². The molecule has 0 spiro atoms. The van der Waals surface area contributed by atoms with E-state index in [1.807, 2.05) is 24.4 Å². The van der Waals surface area contributed by atoms with E-state index in [4.69, 9.17) is 4.74 Å². The average Bonchev–Trinajstić information content (AvgIpc) is 2.59. The molecule has 0 fully saturated rings. The Labute approximate surface area is 86.8 Å². The van der Waals surface area contributed by atoms with Crippen molar-refractivity contribution in [1.29, 1.82) is 0 Å². The molecule has 0 saturated carbocycles. The number of hydrogen-bond acceptors (Lipinski definition) is 3. The monoisotopic (exact) mass is 208 g/mol. The Balaban J connectivity index is 2.45. The van der Waals surface area contributed by atoms with Crippen LogP contribution in [0.4, 0.5) is 0 Å². The number of thiophene rings is 1. The van der Waals surface area contributed by atoms with Gasteiger partial charge in [0.1, 0.15) is 5.75 Å². The van der Waals surface area contributed by atoms with Gasteiger partial charge in [-0.05, 0) is 30.0 Å². The third-order valence-electron chi connectivity index (χ3n) is 2.12. The second-order valence-corrected chi connectivity index (χ2v) is 3.96. The van der Waals surface area contributed by atoms with Crippen molar-refractivity contribution in [3.8, 4) is 5.75 Å². The van der Waals surface area contributed by atoms with Crippen LogP contribution in [0.5, 0.6) is 5.75 Å². The Hall–Kier alpha value is -1.06. The summed E-state index contributed by atoms with van der Waals surface area (Å²) in [6, 6.07) is 5.58. The first kappa shape index (κ1) is 9.49. The van der Waals surface area contributed by atoms with Crippen LogP contribution in [-0.4, -0.2) is 11.7 Å². The van der Waals surface area contributed by atoms with Crippen molar-refractivity contribution in [2.75, 3.05) is 6.61 Å². The third kappa shape index (κ3) is 1.61. The van der Waals surface area contributed by atoms with Crippen molar-refractivity contribution >= 4 is 21.4 Å². The first-order chi connectivity index (χ1) is 6.83.